The number of anilines is 6. The van der Waals surface area contributed by atoms with E-state index in [0.717, 1.165) is 34.4 Å². The largest absolute Gasteiger partial charge is 2.00 e. The molecule has 0 bridgehead atoms. The van der Waals surface area contributed by atoms with E-state index in [1.54, 1.807) is 23.5 Å². The van der Waals surface area contributed by atoms with E-state index < -0.39 is 0 Å². The van der Waals surface area contributed by atoms with E-state index in [1.807, 2.05) is 73.1 Å². The van der Waals surface area contributed by atoms with Crippen molar-refractivity contribution in [3.63, 3.8) is 0 Å². The number of para-hydroxylation sites is 4. The second-order valence-electron chi connectivity index (χ2n) is 8.95. The fourth-order valence-electron chi connectivity index (χ4n) is 4.72. The molecule has 2 aliphatic rings. The molecule has 6 aromatic rings. The summed E-state index contributed by atoms with van der Waals surface area (Å²) in [5.41, 5.74) is 4.45. The first-order valence-electron chi connectivity index (χ1n) is 12.8. The van der Waals surface area contributed by atoms with E-state index in [9.17, 15) is 0 Å². The van der Waals surface area contributed by atoms with Crippen molar-refractivity contribution in [1.29, 1.82) is 0 Å². The van der Waals surface area contributed by atoms with Crippen molar-refractivity contribution < 1.29 is 21.1 Å². The van der Waals surface area contributed by atoms with Crippen LogP contribution in [-0.4, -0.2) is 9.97 Å². The van der Waals surface area contributed by atoms with E-state index >= 15 is 0 Å². The Balaban J connectivity index is 0.000000144. The van der Waals surface area contributed by atoms with Crippen molar-refractivity contribution in [3.05, 3.63) is 146 Å². The number of aromatic nitrogens is 2. The number of nitrogens with zero attached hydrogens (tertiary/aromatic N) is 4. The van der Waals surface area contributed by atoms with Gasteiger partial charge in [0.15, 0.2) is 0 Å². The number of hydrogen-bond donors (Lipinski definition) is 0. The molecule has 0 atom stereocenters. The monoisotopic (exact) mass is 745 g/mol. The summed E-state index contributed by atoms with van der Waals surface area (Å²) in [6.07, 6.45) is 3.64. The van der Waals surface area contributed by atoms with Gasteiger partial charge >= 0.3 is 21.1 Å². The van der Waals surface area contributed by atoms with E-state index in [-0.39, 0.29) is 21.1 Å². The van der Waals surface area contributed by atoms with Crippen molar-refractivity contribution in [2.45, 2.75) is 19.6 Å². The van der Waals surface area contributed by atoms with Gasteiger partial charge in [-0.2, -0.15) is 72.1 Å². The van der Waals surface area contributed by atoms with Crippen molar-refractivity contribution in [1.82, 2.24) is 9.97 Å². The smallest absolute Gasteiger partial charge is 0.317 e. The molecule has 4 aromatic carbocycles. The molecule has 2 aliphatic heterocycles. The molecule has 7 heteroatoms. The molecular formula is C34H22N4PtS2. The standard InChI is InChI=1S/2C17H11N2S.Pt/c2*1-3-9-15-13(7-1)19(17-11-5-6-12-18-17)14-8-2-4-10-16(14)20-15;/h2*1-7,9-12H;/q2*-1;+2. The first kappa shape index (κ1) is 27.3. The molecule has 8 rings (SSSR count). The van der Waals surface area contributed by atoms with Gasteiger partial charge in [-0.25, -0.2) is 9.97 Å². The SMILES string of the molecule is [Pt+2].[c-]1cccc2c1N(c1ccccn1)c1ccccc1S2.[c-]1cccc2c1N(c1ccccn1)c1ccccc1S2. The van der Waals surface area contributed by atoms with Crippen LogP contribution >= 0.6 is 23.5 Å². The maximum absolute atomic E-state index is 4.50. The molecule has 0 saturated heterocycles. The summed E-state index contributed by atoms with van der Waals surface area (Å²) in [4.78, 5) is 18.2. The molecule has 0 unspecified atom stereocenters. The fraction of sp³-hybridized carbons (Fsp3) is 0. The van der Waals surface area contributed by atoms with Gasteiger partial charge in [-0.3, -0.25) is 0 Å². The van der Waals surface area contributed by atoms with Crippen LogP contribution in [0.25, 0.3) is 0 Å². The summed E-state index contributed by atoms with van der Waals surface area (Å²) >= 11 is 3.56. The van der Waals surface area contributed by atoms with Crippen LogP contribution in [0.5, 0.6) is 0 Å². The van der Waals surface area contributed by atoms with Gasteiger partial charge in [0.2, 0.25) is 0 Å². The fourth-order valence-corrected chi connectivity index (χ4v) is 6.80. The minimum absolute atomic E-state index is 0. The van der Waals surface area contributed by atoms with Crippen molar-refractivity contribution in [2.75, 3.05) is 9.80 Å². The van der Waals surface area contributed by atoms with Gasteiger partial charge in [0, 0.05) is 22.2 Å². The summed E-state index contributed by atoms with van der Waals surface area (Å²) in [7, 11) is 0. The molecule has 0 aliphatic carbocycles. The van der Waals surface area contributed by atoms with E-state index in [1.165, 1.54) is 19.6 Å². The molecule has 0 saturated carbocycles. The van der Waals surface area contributed by atoms with Gasteiger partial charge in [0.1, 0.15) is 11.6 Å². The van der Waals surface area contributed by atoms with Crippen molar-refractivity contribution >= 4 is 57.9 Å². The molecule has 0 amide bonds. The number of benzene rings is 4. The second-order valence-corrected chi connectivity index (χ2v) is 11.1. The molecular weight excluding hydrogens is 724 g/mol. The minimum Gasteiger partial charge on any atom is -0.317 e. The molecule has 0 radical (unpaired) electrons. The Morgan fingerprint density at radius 3 is 1.32 bits per heavy atom. The Bertz CT molecular complexity index is 1560. The number of hydrogen-bond acceptors (Lipinski definition) is 6. The van der Waals surface area contributed by atoms with Crippen LogP contribution in [0.4, 0.5) is 34.4 Å². The predicted octanol–water partition coefficient (Wildman–Crippen LogP) is 9.63. The maximum Gasteiger partial charge on any atom is 2.00 e. The van der Waals surface area contributed by atoms with E-state index in [2.05, 4.69) is 92.6 Å². The van der Waals surface area contributed by atoms with Crippen LogP contribution in [-0.2, 0) is 21.1 Å². The van der Waals surface area contributed by atoms with Crippen LogP contribution < -0.4 is 9.80 Å². The third-order valence-corrected chi connectivity index (χ3v) is 8.68. The predicted molar refractivity (Wildman–Crippen MR) is 164 cm³/mol. The molecule has 200 valence electrons. The first-order valence-corrected chi connectivity index (χ1v) is 14.5. The molecule has 0 fully saturated rings. The van der Waals surface area contributed by atoms with Crippen LogP contribution in [0.2, 0.25) is 0 Å². The van der Waals surface area contributed by atoms with Crippen LogP contribution in [0, 0.1) is 12.1 Å². The topological polar surface area (TPSA) is 32.3 Å². The van der Waals surface area contributed by atoms with Gasteiger partial charge in [0.25, 0.3) is 0 Å². The second kappa shape index (κ2) is 12.4. The van der Waals surface area contributed by atoms with E-state index in [4.69, 9.17) is 0 Å². The first-order chi connectivity index (χ1) is 19.9. The molecule has 2 aromatic heterocycles. The van der Waals surface area contributed by atoms with Gasteiger partial charge in [0.05, 0.1) is 11.4 Å². The normalized spacial score (nSPS) is 12.4. The number of fused-ring (bicyclic) bond motifs is 4. The van der Waals surface area contributed by atoms with Crippen molar-refractivity contribution in [3.8, 4) is 0 Å². The zero-order valence-corrected chi connectivity index (χ0v) is 25.5. The molecule has 41 heavy (non-hydrogen) atoms. The zero-order chi connectivity index (χ0) is 26.7. The summed E-state index contributed by atoms with van der Waals surface area (Å²) in [6.45, 7) is 0. The molecule has 0 spiro atoms. The average molecular weight is 746 g/mol. The van der Waals surface area contributed by atoms with E-state index in [0.29, 0.717) is 0 Å². The summed E-state index contributed by atoms with van der Waals surface area (Å²) < 4.78 is 0. The van der Waals surface area contributed by atoms with Crippen LogP contribution in [0.3, 0.4) is 0 Å². The van der Waals surface area contributed by atoms with Crippen LogP contribution in [0.1, 0.15) is 0 Å². The Morgan fingerprint density at radius 1 is 0.463 bits per heavy atom. The van der Waals surface area contributed by atoms with Crippen LogP contribution in [0.15, 0.2) is 153 Å². The van der Waals surface area contributed by atoms with Gasteiger partial charge in [-0.05, 0) is 48.5 Å². The van der Waals surface area contributed by atoms with Gasteiger partial charge in [-0.1, -0.05) is 57.6 Å². The Labute approximate surface area is 262 Å². The Hall–Kier alpha value is -3.83. The Morgan fingerprint density at radius 2 is 0.878 bits per heavy atom. The maximum atomic E-state index is 4.50. The quantitative estimate of drug-likeness (QED) is 0.164. The van der Waals surface area contributed by atoms with Crippen molar-refractivity contribution in [2.24, 2.45) is 0 Å². The zero-order valence-electron chi connectivity index (χ0n) is 21.6. The number of rotatable bonds is 2. The third-order valence-electron chi connectivity index (χ3n) is 6.45. The summed E-state index contributed by atoms with van der Waals surface area (Å²) in [5, 5.41) is 0. The minimum atomic E-state index is 0. The number of pyridine rings is 2. The average Bonchev–Trinajstić information content (AvgIpc) is 3.03. The molecule has 4 nitrogen and oxygen atoms in total. The third kappa shape index (κ3) is 5.43. The summed E-state index contributed by atoms with van der Waals surface area (Å²) in [5.74, 6) is 1.84. The van der Waals surface area contributed by atoms with Gasteiger partial charge in [-0.15, -0.1) is 0 Å². The van der Waals surface area contributed by atoms with Gasteiger partial charge < -0.3 is 9.80 Å². The molecule has 0 N–H and O–H groups in total. The Kier molecular flexibility index (Phi) is 8.24. The molecule has 4 heterocycles. The summed E-state index contributed by atoms with van der Waals surface area (Å²) in [6, 6.07) is 47.6.